The molecule has 3 rings (SSSR count). The van der Waals surface area contributed by atoms with Crippen molar-refractivity contribution in [3.8, 4) is 0 Å². The van der Waals surface area contributed by atoms with Gasteiger partial charge >= 0.3 is 0 Å². The number of hydrogen-bond acceptors (Lipinski definition) is 7. The lowest BCUT2D eigenvalue weighted by atomic mass is 10.0. The molecular formula is C14H19N7O2. The van der Waals surface area contributed by atoms with Gasteiger partial charge in [-0.1, -0.05) is 0 Å². The zero-order valence-electron chi connectivity index (χ0n) is 13.1. The topological polar surface area (TPSA) is 112 Å². The molecular weight excluding hydrogens is 298 g/mol. The van der Waals surface area contributed by atoms with Crippen LogP contribution in [-0.2, 0) is 15.1 Å². The Bertz CT molecular complexity index is 686. The van der Waals surface area contributed by atoms with Crippen molar-refractivity contribution in [3.63, 3.8) is 0 Å². The lowest BCUT2D eigenvalue weighted by Gasteiger charge is -2.37. The first-order valence-electron chi connectivity index (χ1n) is 7.32. The van der Waals surface area contributed by atoms with Crippen LogP contribution in [0.2, 0.25) is 0 Å². The number of nitrogen functional groups attached to an aromatic ring is 1. The molecule has 1 aliphatic rings. The highest BCUT2D eigenvalue weighted by Crippen LogP contribution is 2.26. The monoisotopic (exact) mass is 317 g/mol. The van der Waals surface area contributed by atoms with Crippen molar-refractivity contribution in [1.29, 1.82) is 0 Å². The quantitative estimate of drug-likeness (QED) is 0.847. The molecule has 0 radical (unpaired) electrons. The van der Waals surface area contributed by atoms with Gasteiger partial charge in [0.2, 0.25) is 5.91 Å². The molecule has 1 amide bonds. The Labute approximate surface area is 133 Å². The number of rotatable bonds is 3. The predicted octanol–water partition coefficient (Wildman–Crippen LogP) is -0.0145. The van der Waals surface area contributed by atoms with E-state index in [-0.39, 0.29) is 12.0 Å². The summed E-state index contributed by atoms with van der Waals surface area (Å²) < 4.78 is 7.27. The summed E-state index contributed by atoms with van der Waals surface area (Å²) in [6.45, 7) is 4.92. The molecule has 0 bridgehead atoms. The normalized spacial score (nSPS) is 18.9. The lowest BCUT2D eigenvalue weighted by molar-refractivity contribution is -0.147. The minimum absolute atomic E-state index is 0.0567. The number of morpholine rings is 1. The lowest BCUT2D eigenvalue weighted by Crippen LogP contribution is -2.51. The predicted molar refractivity (Wildman–Crippen MR) is 81.1 cm³/mol. The fourth-order valence-corrected chi connectivity index (χ4v) is 2.59. The van der Waals surface area contributed by atoms with Crippen LogP contribution in [0.5, 0.6) is 0 Å². The summed E-state index contributed by atoms with van der Waals surface area (Å²) in [6, 6.07) is 0. The van der Waals surface area contributed by atoms with E-state index < -0.39 is 5.54 Å². The van der Waals surface area contributed by atoms with Gasteiger partial charge in [0, 0.05) is 18.9 Å². The van der Waals surface area contributed by atoms with Gasteiger partial charge in [-0.3, -0.25) is 9.78 Å². The third kappa shape index (κ3) is 2.87. The van der Waals surface area contributed by atoms with Crippen molar-refractivity contribution >= 4 is 11.7 Å². The zero-order chi connectivity index (χ0) is 16.4. The Morgan fingerprint density at radius 3 is 2.87 bits per heavy atom. The van der Waals surface area contributed by atoms with Crippen molar-refractivity contribution in [1.82, 2.24) is 29.6 Å². The van der Waals surface area contributed by atoms with Gasteiger partial charge in [-0.15, -0.1) is 0 Å². The molecule has 23 heavy (non-hydrogen) atoms. The number of aromatic nitrogens is 5. The highest BCUT2D eigenvalue weighted by atomic mass is 16.5. The van der Waals surface area contributed by atoms with Gasteiger partial charge in [0.25, 0.3) is 0 Å². The second-order valence-electron chi connectivity index (χ2n) is 5.84. The molecule has 122 valence electrons. The molecule has 0 aromatic carbocycles. The molecule has 1 saturated heterocycles. The fourth-order valence-electron chi connectivity index (χ4n) is 2.59. The SMILES string of the molecule is CC(C)(C(=O)N1CCO[C@H](c2nccnc2N)C1)n1cncn1. The van der Waals surface area contributed by atoms with Crippen LogP contribution < -0.4 is 5.73 Å². The minimum Gasteiger partial charge on any atom is -0.382 e. The molecule has 2 N–H and O–H groups in total. The standard InChI is InChI=1S/C14H19N7O2/c1-14(2,21-9-16-8-19-21)13(22)20-5-6-23-10(7-20)11-12(15)18-4-3-17-11/h3-4,8-10H,5-7H2,1-2H3,(H2,15,18)/t10-/m0/s1. The van der Waals surface area contributed by atoms with Gasteiger partial charge in [-0.25, -0.2) is 14.6 Å². The van der Waals surface area contributed by atoms with E-state index in [1.807, 2.05) is 13.8 Å². The third-order valence-electron chi connectivity index (χ3n) is 3.93. The molecule has 1 atom stereocenters. The van der Waals surface area contributed by atoms with Crippen LogP contribution in [0.15, 0.2) is 25.0 Å². The molecule has 9 heteroatoms. The van der Waals surface area contributed by atoms with Crippen molar-refractivity contribution in [2.24, 2.45) is 0 Å². The zero-order valence-corrected chi connectivity index (χ0v) is 13.1. The van der Waals surface area contributed by atoms with Gasteiger partial charge in [0.15, 0.2) is 0 Å². The first-order chi connectivity index (χ1) is 11.0. The van der Waals surface area contributed by atoms with E-state index in [0.717, 1.165) is 0 Å². The summed E-state index contributed by atoms with van der Waals surface area (Å²) in [5, 5.41) is 4.08. The average Bonchev–Trinajstić information content (AvgIpc) is 3.10. The molecule has 2 aromatic heterocycles. The fraction of sp³-hybridized carbons (Fsp3) is 0.500. The summed E-state index contributed by atoms with van der Waals surface area (Å²) in [5.74, 6) is 0.265. The van der Waals surface area contributed by atoms with Gasteiger partial charge in [0.1, 0.15) is 35.8 Å². The maximum Gasteiger partial charge on any atom is 0.250 e. The highest BCUT2D eigenvalue weighted by molar-refractivity contribution is 5.83. The van der Waals surface area contributed by atoms with Gasteiger partial charge in [0.05, 0.1) is 13.2 Å². The summed E-state index contributed by atoms with van der Waals surface area (Å²) in [7, 11) is 0. The second kappa shape index (κ2) is 5.92. The molecule has 3 heterocycles. The Morgan fingerprint density at radius 1 is 1.39 bits per heavy atom. The Morgan fingerprint density at radius 2 is 2.17 bits per heavy atom. The van der Waals surface area contributed by atoms with Crippen molar-refractivity contribution in [3.05, 3.63) is 30.7 Å². The van der Waals surface area contributed by atoms with Crippen LogP contribution in [0.4, 0.5) is 5.82 Å². The maximum absolute atomic E-state index is 12.9. The Hall–Kier alpha value is -2.55. The highest BCUT2D eigenvalue weighted by Gasteiger charge is 2.37. The number of anilines is 1. The molecule has 0 unspecified atom stereocenters. The van der Waals surface area contributed by atoms with E-state index in [2.05, 4.69) is 20.1 Å². The van der Waals surface area contributed by atoms with Gasteiger partial charge in [-0.05, 0) is 13.8 Å². The first-order valence-corrected chi connectivity index (χ1v) is 7.32. The smallest absolute Gasteiger partial charge is 0.250 e. The largest absolute Gasteiger partial charge is 0.382 e. The van der Waals surface area contributed by atoms with Gasteiger partial charge in [-0.2, -0.15) is 5.10 Å². The summed E-state index contributed by atoms with van der Waals surface area (Å²) in [4.78, 5) is 26.8. The summed E-state index contributed by atoms with van der Waals surface area (Å²) in [5.41, 5.74) is 5.59. The van der Waals surface area contributed by atoms with Crippen LogP contribution in [-0.4, -0.2) is 55.2 Å². The minimum atomic E-state index is -0.827. The van der Waals surface area contributed by atoms with Crippen LogP contribution in [0.25, 0.3) is 0 Å². The number of carbonyl (C=O) groups excluding carboxylic acids is 1. The number of nitrogens with two attached hydrogens (primary N) is 1. The van der Waals surface area contributed by atoms with E-state index in [4.69, 9.17) is 10.5 Å². The number of ether oxygens (including phenoxy) is 1. The van der Waals surface area contributed by atoms with E-state index in [1.165, 1.54) is 18.9 Å². The van der Waals surface area contributed by atoms with Crippen molar-refractivity contribution in [2.45, 2.75) is 25.5 Å². The van der Waals surface area contributed by atoms with Crippen molar-refractivity contribution in [2.75, 3.05) is 25.4 Å². The summed E-state index contributed by atoms with van der Waals surface area (Å²) in [6.07, 6.45) is 5.66. The maximum atomic E-state index is 12.9. The molecule has 0 saturated carbocycles. The van der Waals surface area contributed by atoms with E-state index in [1.54, 1.807) is 15.8 Å². The van der Waals surface area contributed by atoms with Crippen molar-refractivity contribution < 1.29 is 9.53 Å². The molecule has 1 fully saturated rings. The van der Waals surface area contributed by atoms with Crippen LogP contribution in [0.3, 0.4) is 0 Å². The molecule has 9 nitrogen and oxygen atoms in total. The van der Waals surface area contributed by atoms with Crippen LogP contribution >= 0.6 is 0 Å². The molecule has 1 aliphatic heterocycles. The van der Waals surface area contributed by atoms with Crippen LogP contribution in [0.1, 0.15) is 25.6 Å². The second-order valence-corrected chi connectivity index (χ2v) is 5.84. The third-order valence-corrected chi connectivity index (χ3v) is 3.93. The average molecular weight is 317 g/mol. The number of nitrogens with zero attached hydrogens (tertiary/aromatic N) is 6. The molecule has 0 spiro atoms. The van der Waals surface area contributed by atoms with E-state index in [0.29, 0.717) is 31.2 Å². The van der Waals surface area contributed by atoms with E-state index in [9.17, 15) is 4.79 Å². The first kappa shape index (κ1) is 15.3. The summed E-state index contributed by atoms with van der Waals surface area (Å²) >= 11 is 0. The number of amides is 1. The van der Waals surface area contributed by atoms with Crippen LogP contribution in [0, 0.1) is 0 Å². The Balaban J connectivity index is 1.79. The van der Waals surface area contributed by atoms with Gasteiger partial charge < -0.3 is 15.4 Å². The molecule has 2 aromatic rings. The molecule has 0 aliphatic carbocycles. The Kier molecular flexibility index (Phi) is 3.95. The number of carbonyl (C=O) groups is 1. The van der Waals surface area contributed by atoms with E-state index >= 15 is 0 Å². The number of hydrogen-bond donors (Lipinski definition) is 1.